The topological polar surface area (TPSA) is 67.3 Å². The second-order valence-corrected chi connectivity index (χ2v) is 6.21. The number of hydrogen-bond donors (Lipinski definition) is 1. The summed E-state index contributed by atoms with van der Waals surface area (Å²) >= 11 is 0. The quantitative estimate of drug-likeness (QED) is 0.779. The zero-order chi connectivity index (χ0) is 17.4. The van der Waals surface area contributed by atoms with E-state index in [1.807, 2.05) is 41.4 Å². The summed E-state index contributed by atoms with van der Waals surface area (Å²) in [6.07, 6.45) is 3.60. The number of nitrogens with zero attached hydrogens (tertiary/aromatic N) is 2. The van der Waals surface area contributed by atoms with E-state index in [4.69, 9.17) is 4.74 Å². The van der Waals surface area contributed by atoms with Crippen LogP contribution in [0.4, 0.5) is 0 Å². The van der Waals surface area contributed by atoms with Crippen molar-refractivity contribution < 1.29 is 11.0 Å². The van der Waals surface area contributed by atoms with Crippen molar-refractivity contribution in [3.05, 3.63) is 58.6 Å². The molecule has 0 unspecified atom stereocenters. The lowest BCUT2D eigenvalue weighted by molar-refractivity contribution is 0.0303. The van der Waals surface area contributed by atoms with Crippen LogP contribution in [0.2, 0.25) is 0 Å². The zero-order valence-electron chi connectivity index (χ0n) is 14.0. The van der Waals surface area contributed by atoms with Crippen LogP contribution in [0.25, 0.3) is 22.0 Å². The minimum Gasteiger partial charge on any atom is -0.378 e. The molecule has 0 bridgehead atoms. The van der Waals surface area contributed by atoms with Gasteiger partial charge in [-0.25, -0.2) is 0 Å². The molecular weight excluding hydrogens is 318 g/mol. The number of aromatic amines is 1. The Morgan fingerprint density at radius 3 is 2.60 bits per heavy atom. The second-order valence-electron chi connectivity index (χ2n) is 6.21. The smallest absolute Gasteiger partial charge is 0.274 e. The van der Waals surface area contributed by atoms with Gasteiger partial charge in [0.2, 0.25) is 0 Å². The van der Waals surface area contributed by atoms with Crippen LogP contribution in [0.3, 0.4) is 0 Å². The summed E-state index contributed by atoms with van der Waals surface area (Å²) in [6, 6.07) is 9.45. The van der Waals surface area contributed by atoms with Crippen molar-refractivity contribution in [3.63, 3.8) is 0 Å². The summed E-state index contributed by atoms with van der Waals surface area (Å²) in [5.41, 5.74) is 3.14. The van der Waals surface area contributed by atoms with Crippen molar-refractivity contribution in [2.45, 2.75) is 0 Å². The molecule has 1 saturated heterocycles. The Kier molecular flexibility index (Phi) is 3.89. The number of H-pyrrole nitrogens is 1. The third-order valence-electron chi connectivity index (χ3n) is 4.64. The summed E-state index contributed by atoms with van der Waals surface area (Å²) in [4.78, 5) is 29.5. The van der Waals surface area contributed by atoms with E-state index < -0.39 is 0 Å². The summed E-state index contributed by atoms with van der Waals surface area (Å²) in [7, 11) is 1.74. The van der Waals surface area contributed by atoms with Gasteiger partial charge in [-0.3, -0.25) is 9.59 Å². The first-order valence-electron chi connectivity index (χ1n) is 8.29. The maximum atomic E-state index is 12.5. The number of carbonyl (C=O) groups is 1. The predicted molar refractivity (Wildman–Crippen MR) is 97.8 cm³/mol. The first-order valence-corrected chi connectivity index (χ1v) is 8.29. The van der Waals surface area contributed by atoms with Gasteiger partial charge < -0.3 is 19.2 Å². The van der Waals surface area contributed by atoms with E-state index in [0.717, 1.165) is 16.5 Å². The van der Waals surface area contributed by atoms with Gasteiger partial charge in [0.25, 0.3) is 11.5 Å². The van der Waals surface area contributed by atoms with Gasteiger partial charge in [-0.05, 0) is 23.8 Å². The van der Waals surface area contributed by atoms with Crippen LogP contribution in [0.5, 0.6) is 0 Å². The number of carbonyl (C=O) groups excluding carboxylic acids is 1. The van der Waals surface area contributed by atoms with Gasteiger partial charge in [0.1, 0.15) is 5.52 Å². The molecule has 1 aliphatic heterocycles. The van der Waals surface area contributed by atoms with Crippen LogP contribution in [0, 0.1) is 0 Å². The average molecular weight is 339 g/mol. The fraction of sp³-hybridized carbons (Fsp3) is 0.263. The summed E-state index contributed by atoms with van der Waals surface area (Å²) in [6.45, 7) is 2.44. The van der Waals surface area contributed by atoms with E-state index in [1.165, 1.54) is 0 Å². The predicted octanol–water partition coefficient (Wildman–Crippen LogP) is 2.25. The molecule has 0 radical (unpaired) electrons. The van der Waals surface area contributed by atoms with E-state index in [2.05, 4.69) is 4.98 Å². The number of fused-ring (bicyclic) bond motifs is 1. The zero-order valence-corrected chi connectivity index (χ0v) is 14.0. The second kappa shape index (κ2) is 6.22. The Morgan fingerprint density at radius 1 is 1.16 bits per heavy atom. The van der Waals surface area contributed by atoms with E-state index in [0.29, 0.717) is 37.4 Å². The van der Waals surface area contributed by atoms with E-state index in [1.54, 1.807) is 17.8 Å². The van der Waals surface area contributed by atoms with E-state index >= 15 is 0 Å². The van der Waals surface area contributed by atoms with E-state index in [9.17, 15) is 9.59 Å². The molecule has 1 amide bonds. The molecule has 0 spiro atoms. The Balaban J connectivity index is 0.00000196. The Labute approximate surface area is 146 Å². The van der Waals surface area contributed by atoms with Gasteiger partial charge in [0.05, 0.1) is 13.2 Å². The molecule has 1 aromatic carbocycles. The van der Waals surface area contributed by atoms with E-state index in [-0.39, 0.29) is 12.9 Å². The Bertz CT molecular complexity index is 985. The van der Waals surface area contributed by atoms with Crippen LogP contribution in [-0.4, -0.2) is 46.7 Å². The minimum absolute atomic E-state index is 0. The van der Waals surface area contributed by atoms with Crippen molar-refractivity contribution >= 4 is 16.8 Å². The number of aromatic nitrogens is 2. The maximum Gasteiger partial charge on any atom is 0.274 e. The monoisotopic (exact) mass is 339 g/mol. The molecule has 0 atom stereocenters. The van der Waals surface area contributed by atoms with Crippen LogP contribution < -0.4 is 5.56 Å². The number of rotatable bonds is 2. The Morgan fingerprint density at radius 2 is 1.88 bits per heavy atom. The average Bonchev–Trinajstić information content (AvgIpc) is 3.15. The highest BCUT2D eigenvalue weighted by Gasteiger charge is 2.18. The number of morpholine rings is 1. The molecule has 0 saturated carbocycles. The van der Waals surface area contributed by atoms with Gasteiger partial charge in [-0.1, -0.05) is 12.1 Å². The third kappa shape index (κ3) is 2.74. The molecule has 3 heterocycles. The van der Waals surface area contributed by atoms with Crippen molar-refractivity contribution in [2.75, 3.05) is 26.3 Å². The molecular formula is C19H21N3O3. The first kappa shape index (κ1) is 15.7. The molecule has 4 rings (SSSR count). The number of aryl methyl sites for hydroxylation is 1. The van der Waals surface area contributed by atoms with Crippen LogP contribution in [-0.2, 0) is 11.8 Å². The molecule has 0 aliphatic carbocycles. The first-order chi connectivity index (χ1) is 12.1. The van der Waals surface area contributed by atoms with Crippen LogP contribution in [0.15, 0.2) is 47.5 Å². The molecule has 1 aliphatic rings. The molecule has 3 aromatic rings. The largest absolute Gasteiger partial charge is 0.378 e. The van der Waals surface area contributed by atoms with Crippen LogP contribution in [0.1, 0.15) is 11.8 Å². The molecule has 130 valence electrons. The number of amides is 1. The number of hydrogen-bond acceptors (Lipinski definition) is 3. The van der Waals surface area contributed by atoms with Gasteiger partial charge in [0, 0.05) is 50.5 Å². The number of benzene rings is 1. The Hall–Kier alpha value is -2.86. The highest BCUT2D eigenvalue weighted by Crippen LogP contribution is 2.26. The van der Waals surface area contributed by atoms with Crippen molar-refractivity contribution in [1.82, 2.24) is 14.5 Å². The SMILES string of the molecule is Cn1cc(-c2ccc(C(=O)N3CCOCC3)cc2)c2cc[nH]c2c1=O.[HH]. The molecule has 6 nitrogen and oxygen atoms in total. The highest BCUT2D eigenvalue weighted by molar-refractivity contribution is 5.97. The fourth-order valence-corrected chi connectivity index (χ4v) is 3.24. The van der Waals surface area contributed by atoms with Crippen molar-refractivity contribution in [1.29, 1.82) is 0 Å². The van der Waals surface area contributed by atoms with Gasteiger partial charge in [-0.2, -0.15) is 0 Å². The molecule has 2 aromatic heterocycles. The van der Waals surface area contributed by atoms with Gasteiger partial charge in [0.15, 0.2) is 0 Å². The molecule has 1 fully saturated rings. The summed E-state index contributed by atoms with van der Waals surface area (Å²) < 4.78 is 6.86. The lowest BCUT2D eigenvalue weighted by atomic mass is 10.0. The fourth-order valence-electron chi connectivity index (χ4n) is 3.24. The van der Waals surface area contributed by atoms with Gasteiger partial charge in [-0.15, -0.1) is 0 Å². The molecule has 6 heteroatoms. The normalized spacial score (nSPS) is 14.8. The number of pyridine rings is 1. The van der Waals surface area contributed by atoms with Crippen LogP contribution >= 0.6 is 0 Å². The van der Waals surface area contributed by atoms with Crippen molar-refractivity contribution in [2.24, 2.45) is 7.05 Å². The minimum atomic E-state index is -0.0529. The number of nitrogens with one attached hydrogen (secondary N) is 1. The molecule has 1 N–H and O–H groups in total. The lowest BCUT2D eigenvalue weighted by Gasteiger charge is -2.26. The summed E-state index contributed by atoms with van der Waals surface area (Å²) in [5.74, 6) is 0.0297. The summed E-state index contributed by atoms with van der Waals surface area (Å²) in [5, 5.41) is 0.885. The highest BCUT2D eigenvalue weighted by atomic mass is 16.5. The molecule has 25 heavy (non-hydrogen) atoms. The van der Waals surface area contributed by atoms with Crippen molar-refractivity contribution in [3.8, 4) is 11.1 Å². The maximum absolute atomic E-state index is 12.5. The number of ether oxygens (including phenoxy) is 1. The third-order valence-corrected chi connectivity index (χ3v) is 4.64. The van der Waals surface area contributed by atoms with Gasteiger partial charge >= 0.3 is 0 Å². The lowest BCUT2D eigenvalue weighted by Crippen LogP contribution is -2.40. The standard InChI is InChI=1S/C19H19N3O3.H2/c1-21-12-16(15-6-7-20-17(15)19(21)24)13-2-4-14(5-3-13)18(23)22-8-10-25-11-9-22;/h2-7,12,20H,8-11H2,1H3;1H.